The second-order valence-corrected chi connectivity index (χ2v) is 7.42. The third-order valence-corrected chi connectivity index (χ3v) is 5.40. The van der Waals surface area contributed by atoms with Crippen molar-refractivity contribution in [2.75, 3.05) is 16.4 Å². The summed E-state index contributed by atoms with van der Waals surface area (Å²) in [5.74, 6) is -0.675. The Hall–Kier alpha value is -2.00. The van der Waals surface area contributed by atoms with Crippen molar-refractivity contribution >= 4 is 45.7 Å². The molecule has 25 heavy (non-hydrogen) atoms. The average Bonchev–Trinajstić information content (AvgIpc) is 3.01. The van der Waals surface area contributed by atoms with Gasteiger partial charge >= 0.3 is 0 Å². The summed E-state index contributed by atoms with van der Waals surface area (Å²) in [4.78, 5) is 23.9. The van der Waals surface area contributed by atoms with Crippen molar-refractivity contribution in [2.24, 2.45) is 5.92 Å². The summed E-state index contributed by atoms with van der Waals surface area (Å²) in [6, 6.07) is 5.70. The predicted molar refractivity (Wildman–Crippen MR) is 98.4 cm³/mol. The van der Waals surface area contributed by atoms with Crippen molar-refractivity contribution in [2.45, 2.75) is 31.0 Å². The lowest BCUT2D eigenvalue weighted by Gasteiger charge is -2.09. The van der Waals surface area contributed by atoms with Gasteiger partial charge in [0.15, 0.2) is 4.34 Å². The second-order valence-electron chi connectivity index (χ2n) is 5.22. The molecule has 0 saturated heterocycles. The van der Waals surface area contributed by atoms with E-state index in [1.807, 2.05) is 13.8 Å². The highest BCUT2D eigenvalue weighted by atomic mass is 32.2. The molecule has 2 rings (SSSR count). The van der Waals surface area contributed by atoms with Gasteiger partial charge in [0.25, 0.3) is 0 Å². The van der Waals surface area contributed by atoms with Crippen LogP contribution in [0.1, 0.15) is 26.7 Å². The number of rotatable bonds is 8. The van der Waals surface area contributed by atoms with Crippen LogP contribution in [-0.4, -0.2) is 27.8 Å². The third-order valence-electron chi connectivity index (χ3n) is 3.43. The van der Waals surface area contributed by atoms with Gasteiger partial charge in [-0.2, -0.15) is 0 Å². The van der Waals surface area contributed by atoms with Gasteiger partial charge in [0.1, 0.15) is 5.82 Å². The Morgan fingerprint density at radius 3 is 2.68 bits per heavy atom. The van der Waals surface area contributed by atoms with Gasteiger partial charge in [-0.1, -0.05) is 43.0 Å². The van der Waals surface area contributed by atoms with Crippen molar-refractivity contribution in [3.05, 3.63) is 30.1 Å². The zero-order valence-corrected chi connectivity index (χ0v) is 15.5. The summed E-state index contributed by atoms with van der Waals surface area (Å²) < 4.78 is 13.7. The average molecular weight is 382 g/mol. The fourth-order valence-electron chi connectivity index (χ4n) is 2.08. The maximum atomic E-state index is 13.1. The number of anilines is 2. The predicted octanol–water partition coefficient (Wildman–Crippen LogP) is 3.78. The topological polar surface area (TPSA) is 84.0 Å². The standard InChI is InChI=1S/C16H19FN4O2S2/c1-3-10(4-2)14(23)19-15-20-21-16(25-15)24-9-13(22)18-12-7-5-6-11(17)8-12/h5-8,10H,3-4,9H2,1-2H3,(H,18,22)(H,19,20,23). The summed E-state index contributed by atoms with van der Waals surface area (Å²) in [7, 11) is 0. The lowest BCUT2D eigenvalue weighted by Crippen LogP contribution is -2.21. The number of carbonyl (C=O) groups excluding carboxylic acids is 2. The number of benzene rings is 1. The number of aromatic nitrogens is 2. The lowest BCUT2D eigenvalue weighted by molar-refractivity contribution is -0.120. The normalized spacial score (nSPS) is 10.7. The van der Waals surface area contributed by atoms with E-state index in [-0.39, 0.29) is 23.5 Å². The highest BCUT2D eigenvalue weighted by Gasteiger charge is 2.16. The number of halogens is 1. The Morgan fingerprint density at radius 1 is 1.24 bits per heavy atom. The quantitative estimate of drug-likeness (QED) is 0.536. The van der Waals surface area contributed by atoms with E-state index in [1.165, 1.54) is 41.3 Å². The fraction of sp³-hybridized carbons (Fsp3) is 0.375. The maximum absolute atomic E-state index is 13.1. The lowest BCUT2D eigenvalue weighted by atomic mass is 10.0. The van der Waals surface area contributed by atoms with Crippen LogP contribution in [-0.2, 0) is 9.59 Å². The van der Waals surface area contributed by atoms with E-state index in [9.17, 15) is 14.0 Å². The van der Waals surface area contributed by atoms with Crippen molar-refractivity contribution in [1.29, 1.82) is 0 Å². The summed E-state index contributed by atoms with van der Waals surface area (Å²) >= 11 is 2.43. The summed E-state index contributed by atoms with van der Waals surface area (Å²) in [5.41, 5.74) is 0.404. The molecule has 2 aromatic rings. The second kappa shape index (κ2) is 9.47. The molecular weight excluding hydrogens is 363 g/mol. The van der Waals surface area contributed by atoms with E-state index in [0.29, 0.717) is 15.2 Å². The molecule has 0 fully saturated rings. The van der Waals surface area contributed by atoms with E-state index in [0.717, 1.165) is 12.8 Å². The van der Waals surface area contributed by atoms with Crippen molar-refractivity contribution in [1.82, 2.24) is 10.2 Å². The Bertz CT molecular complexity index is 734. The molecule has 134 valence electrons. The molecule has 1 heterocycles. The van der Waals surface area contributed by atoms with Crippen LogP contribution in [0.3, 0.4) is 0 Å². The molecule has 0 atom stereocenters. The van der Waals surface area contributed by atoms with Crippen LogP contribution < -0.4 is 10.6 Å². The molecule has 0 bridgehead atoms. The van der Waals surface area contributed by atoms with E-state index in [4.69, 9.17) is 0 Å². The third kappa shape index (κ3) is 6.09. The molecule has 1 aromatic carbocycles. The molecule has 9 heteroatoms. The molecule has 0 aliphatic rings. The molecule has 2 amide bonds. The first-order valence-corrected chi connectivity index (χ1v) is 9.64. The highest BCUT2D eigenvalue weighted by molar-refractivity contribution is 8.01. The molecular formula is C16H19FN4O2S2. The van der Waals surface area contributed by atoms with E-state index in [1.54, 1.807) is 6.07 Å². The Morgan fingerprint density at radius 2 is 2.00 bits per heavy atom. The van der Waals surface area contributed by atoms with Crippen LogP contribution in [0.25, 0.3) is 0 Å². The van der Waals surface area contributed by atoms with Crippen LogP contribution in [0.2, 0.25) is 0 Å². The Labute approximate surface area is 153 Å². The SMILES string of the molecule is CCC(CC)C(=O)Nc1nnc(SCC(=O)Nc2cccc(F)c2)s1. The van der Waals surface area contributed by atoms with Gasteiger partial charge in [0, 0.05) is 11.6 Å². The molecule has 2 N–H and O–H groups in total. The molecule has 0 aliphatic heterocycles. The molecule has 1 aromatic heterocycles. The first-order valence-electron chi connectivity index (χ1n) is 7.84. The smallest absolute Gasteiger partial charge is 0.234 e. The molecule has 0 aliphatic carbocycles. The molecule has 0 saturated carbocycles. The zero-order valence-electron chi connectivity index (χ0n) is 13.9. The largest absolute Gasteiger partial charge is 0.325 e. The van der Waals surface area contributed by atoms with Crippen molar-refractivity contribution < 1.29 is 14.0 Å². The molecule has 0 radical (unpaired) electrons. The number of hydrogen-bond acceptors (Lipinski definition) is 6. The number of thioether (sulfide) groups is 1. The van der Waals surface area contributed by atoms with Crippen LogP contribution in [0.5, 0.6) is 0 Å². The monoisotopic (exact) mass is 382 g/mol. The van der Waals surface area contributed by atoms with Crippen LogP contribution in [0, 0.1) is 11.7 Å². The number of hydrogen-bond donors (Lipinski definition) is 2. The number of carbonyl (C=O) groups is 2. The summed E-state index contributed by atoms with van der Waals surface area (Å²) in [6.45, 7) is 3.93. The van der Waals surface area contributed by atoms with Crippen LogP contribution in [0.15, 0.2) is 28.6 Å². The summed E-state index contributed by atoms with van der Waals surface area (Å²) in [6.07, 6.45) is 1.53. The van der Waals surface area contributed by atoms with E-state index in [2.05, 4.69) is 20.8 Å². The van der Waals surface area contributed by atoms with Crippen LogP contribution in [0.4, 0.5) is 15.2 Å². The van der Waals surface area contributed by atoms with E-state index < -0.39 is 5.82 Å². The minimum atomic E-state index is -0.410. The van der Waals surface area contributed by atoms with Crippen molar-refractivity contribution in [3.63, 3.8) is 0 Å². The van der Waals surface area contributed by atoms with Crippen LogP contribution >= 0.6 is 23.1 Å². The molecule has 0 unspecified atom stereocenters. The number of amides is 2. The first kappa shape index (κ1) is 19.3. The number of nitrogens with one attached hydrogen (secondary N) is 2. The Kier molecular flexibility index (Phi) is 7.32. The molecule has 6 nitrogen and oxygen atoms in total. The van der Waals surface area contributed by atoms with Gasteiger partial charge in [-0.15, -0.1) is 10.2 Å². The Balaban J connectivity index is 1.82. The first-order chi connectivity index (χ1) is 12.0. The van der Waals surface area contributed by atoms with E-state index >= 15 is 0 Å². The van der Waals surface area contributed by atoms with Gasteiger partial charge in [-0.25, -0.2) is 4.39 Å². The van der Waals surface area contributed by atoms with Gasteiger partial charge in [0.05, 0.1) is 5.75 Å². The van der Waals surface area contributed by atoms with Gasteiger partial charge in [-0.3, -0.25) is 9.59 Å². The summed E-state index contributed by atoms with van der Waals surface area (Å²) in [5, 5.41) is 13.6. The highest BCUT2D eigenvalue weighted by Crippen LogP contribution is 2.26. The van der Waals surface area contributed by atoms with Gasteiger partial charge < -0.3 is 10.6 Å². The zero-order chi connectivity index (χ0) is 18.2. The van der Waals surface area contributed by atoms with Gasteiger partial charge in [0.2, 0.25) is 16.9 Å². The van der Waals surface area contributed by atoms with Crippen molar-refractivity contribution in [3.8, 4) is 0 Å². The number of nitrogens with zero attached hydrogens (tertiary/aromatic N) is 2. The fourth-order valence-corrected chi connectivity index (χ4v) is 3.63. The molecule has 0 spiro atoms. The minimum absolute atomic E-state index is 0.0444. The minimum Gasteiger partial charge on any atom is -0.325 e. The maximum Gasteiger partial charge on any atom is 0.234 e. The van der Waals surface area contributed by atoms with Gasteiger partial charge in [-0.05, 0) is 31.0 Å².